The van der Waals surface area contributed by atoms with Crippen LogP contribution in [0.25, 0.3) is 20.2 Å². The topological polar surface area (TPSA) is 62.3 Å². The Morgan fingerprint density at radius 3 is 2.17 bits per heavy atom. The molecule has 2 amide bonds. The predicted molar refractivity (Wildman–Crippen MR) is 166 cm³/mol. The number of nitrogens with zero attached hydrogens (tertiary/aromatic N) is 3. The first-order valence-corrected chi connectivity index (χ1v) is 15.4. The molecule has 0 unspecified atom stereocenters. The molecule has 0 saturated carbocycles. The summed E-state index contributed by atoms with van der Waals surface area (Å²) in [6.45, 7) is 1.95. The average Bonchev–Trinajstić information content (AvgIpc) is 3.61. The van der Waals surface area contributed by atoms with E-state index in [4.69, 9.17) is 9.47 Å². The first-order chi connectivity index (χ1) is 20.1. The summed E-state index contributed by atoms with van der Waals surface area (Å²) in [6, 6.07) is 26.5. The molecule has 1 fully saturated rings. The molecule has 2 aromatic heterocycles. The highest BCUT2D eigenvalue weighted by Crippen LogP contribution is 2.42. The van der Waals surface area contributed by atoms with Gasteiger partial charge in [-0.2, -0.15) is 0 Å². The smallest absolute Gasteiger partial charge is 0.414 e. The van der Waals surface area contributed by atoms with Crippen molar-refractivity contribution in [3.8, 4) is 5.75 Å². The van der Waals surface area contributed by atoms with Crippen LogP contribution < -0.4 is 14.5 Å². The Bertz CT molecular complexity index is 1610. The second-order valence-electron chi connectivity index (χ2n) is 10.4. The minimum absolute atomic E-state index is 0.00121. The largest absolute Gasteiger partial charge is 0.496 e. The molecule has 0 radical (unpaired) electrons. The van der Waals surface area contributed by atoms with Gasteiger partial charge in [0.2, 0.25) is 5.91 Å². The molecule has 41 heavy (non-hydrogen) atoms. The second-order valence-corrected chi connectivity index (χ2v) is 12.5. The number of cyclic esters (lactones) is 1. The molecule has 1 saturated heterocycles. The third-order valence-electron chi connectivity index (χ3n) is 7.92. The van der Waals surface area contributed by atoms with E-state index < -0.39 is 0 Å². The highest BCUT2D eigenvalue weighted by atomic mass is 32.1. The fourth-order valence-corrected chi connectivity index (χ4v) is 8.12. The number of piperidine rings is 1. The normalized spacial score (nSPS) is 16.1. The Hall–Kier alpha value is -3.92. The van der Waals surface area contributed by atoms with Crippen molar-refractivity contribution in [2.24, 2.45) is 0 Å². The second kappa shape index (κ2) is 10.8. The molecule has 0 bridgehead atoms. The first kappa shape index (κ1) is 26.0. The maximum Gasteiger partial charge on any atom is 0.414 e. The molecule has 9 heteroatoms. The summed E-state index contributed by atoms with van der Waals surface area (Å²) < 4.78 is 13.3. The van der Waals surface area contributed by atoms with Crippen LogP contribution in [-0.2, 0) is 16.1 Å². The number of likely N-dealkylation sites (tertiary alicyclic amines) is 1. The van der Waals surface area contributed by atoms with Gasteiger partial charge in [-0.25, -0.2) is 4.79 Å². The SMILES string of the molecule is COc1cccc2c1COC(=O)N2C1CCN(CC(=O)N(c2cc3ccccc3s2)c2cc3ccccc3s2)CC1. The number of amides is 2. The lowest BCUT2D eigenvalue weighted by atomic mass is 10.0. The summed E-state index contributed by atoms with van der Waals surface area (Å²) in [4.78, 5) is 32.8. The van der Waals surface area contributed by atoms with Crippen LogP contribution >= 0.6 is 22.7 Å². The van der Waals surface area contributed by atoms with E-state index >= 15 is 0 Å². The molecule has 2 aliphatic heterocycles. The summed E-state index contributed by atoms with van der Waals surface area (Å²) in [7, 11) is 1.63. The zero-order valence-corrected chi connectivity index (χ0v) is 24.2. The van der Waals surface area contributed by atoms with Gasteiger partial charge in [-0.05, 0) is 60.0 Å². The van der Waals surface area contributed by atoms with Crippen LogP contribution in [-0.4, -0.2) is 49.7 Å². The van der Waals surface area contributed by atoms with Crippen molar-refractivity contribution in [3.05, 3.63) is 84.4 Å². The van der Waals surface area contributed by atoms with Crippen molar-refractivity contribution in [2.45, 2.75) is 25.5 Å². The Kier molecular flexibility index (Phi) is 6.86. The van der Waals surface area contributed by atoms with E-state index in [2.05, 4.69) is 41.3 Å². The number of carbonyl (C=O) groups excluding carboxylic acids is 2. The standard InChI is InChI=1S/C32H29N3O4S2/c1-38-26-10-6-9-25-24(26)20-39-32(37)34(25)23-13-15-33(16-14-23)19-29(36)35(30-17-21-7-2-4-11-27(21)40-30)31-18-22-8-3-5-12-28(22)41-31/h2-12,17-18,23H,13-16,19-20H2,1H3. The van der Waals surface area contributed by atoms with E-state index in [9.17, 15) is 9.59 Å². The van der Waals surface area contributed by atoms with E-state index in [-0.39, 0.29) is 24.6 Å². The molecular formula is C32H29N3O4S2. The van der Waals surface area contributed by atoms with Crippen LogP contribution in [0.3, 0.4) is 0 Å². The molecule has 0 aliphatic carbocycles. The Labute approximate surface area is 246 Å². The summed E-state index contributed by atoms with van der Waals surface area (Å²) in [5.41, 5.74) is 1.75. The van der Waals surface area contributed by atoms with Crippen LogP contribution in [0.2, 0.25) is 0 Å². The molecule has 2 aliphatic rings. The summed E-state index contributed by atoms with van der Waals surface area (Å²) in [6.07, 6.45) is 1.19. The van der Waals surface area contributed by atoms with Crippen molar-refractivity contribution >= 4 is 70.5 Å². The molecule has 0 N–H and O–H groups in total. The number of fused-ring (bicyclic) bond motifs is 3. The quantitative estimate of drug-likeness (QED) is 0.208. The molecule has 7 nitrogen and oxygen atoms in total. The number of hydrogen-bond donors (Lipinski definition) is 0. The Balaban J connectivity index is 1.11. The van der Waals surface area contributed by atoms with E-state index in [1.54, 1.807) is 34.7 Å². The van der Waals surface area contributed by atoms with Gasteiger partial charge in [0.15, 0.2) is 0 Å². The van der Waals surface area contributed by atoms with Crippen LogP contribution in [0, 0.1) is 0 Å². The summed E-state index contributed by atoms with van der Waals surface area (Å²) in [5.74, 6) is 0.777. The van der Waals surface area contributed by atoms with E-state index in [1.807, 2.05) is 47.4 Å². The summed E-state index contributed by atoms with van der Waals surface area (Å²) >= 11 is 3.28. The number of thiophene rings is 2. The van der Waals surface area contributed by atoms with E-state index in [0.717, 1.165) is 60.0 Å². The zero-order valence-electron chi connectivity index (χ0n) is 22.6. The number of anilines is 3. The third-order valence-corrected chi connectivity index (χ3v) is 10.1. The lowest BCUT2D eigenvalue weighted by Crippen LogP contribution is -2.51. The molecule has 7 rings (SSSR count). The van der Waals surface area contributed by atoms with Gasteiger partial charge in [-0.1, -0.05) is 42.5 Å². The fraction of sp³-hybridized carbons (Fsp3) is 0.250. The van der Waals surface area contributed by atoms with Gasteiger partial charge in [0, 0.05) is 28.5 Å². The van der Waals surface area contributed by atoms with Gasteiger partial charge in [-0.15, -0.1) is 22.7 Å². The van der Waals surface area contributed by atoms with Gasteiger partial charge >= 0.3 is 6.09 Å². The number of carbonyl (C=O) groups is 2. The van der Waals surface area contributed by atoms with Crippen LogP contribution in [0.4, 0.5) is 20.5 Å². The van der Waals surface area contributed by atoms with Gasteiger partial charge in [-0.3, -0.25) is 19.5 Å². The number of methoxy groups -OCH3 is 1. The van der Waals surface area contributed by atoms with E-state index in [1.165, 1.54) is 0 Å². The fourth-order valence-electron chi connectivity index (χ4n) is 5.87. The molecule has 3 aromatic carbocycles. The van der Waals surface area contributed by atoms with Crippen molar-refractivity contribution in [1.82, 2.24) is 4.90 Å². The lowest BCUT2D eigenvalue weighted by Gasteiger charge is -2.40. The molecule has 208 valence electrons. The highest BCUT2D eigenvalue weighted by Gasteiger charge is 2.36. The predicted octanol–water partition coefficient (Wildman–Crippen LogP) is 7.41. The van der Waals surface area contributed by atoms with Crippen LogP contribution in [0.15, 0.2) is 78.9 Å². The lowest BCUT2D eigenvalue weighted by molar-refractivity contribution is -0.119. The minimum Gasteiger partial charge on any atom is -0.496 e. The molecule has 4 heterocycles. The molecule has 0 atom stereocenters. The van der Waals surface area contributed by atoms with Crippen molar-refractivity contribution in [2.75, 3.05) is 36.5 Å². The maximum absolute atomic E-state index is 14.0. The average molecular weight is 584 g/mol. The van der Waals surface area contributed by atoms with Gasteiger partial charge < -0.3 is 9.47 Å². The molecule has 0 spiro atoms. The zero-order chi connectivity index (χ0) is 27.9. The molecule has 5 aromatic rings. The maximum atomic E-state index is 14.0. The van der Waals surface area contributed by atoms with Crippen LogP contribution in [0.1, 0.15) is 18.4 Å². The van der Waals surface area contributed by atoms with Crippen LogP contribution in [0.5, 0.6) is 5.75 Å². The third kappa shape index (κ3) is 4.84. The number of benzene rings is 3. The van der Waals surface area contributed by atoms with Crippen molar-refractivity contribution in [1.29, 1.82) is 0 Å². The number of ether oxygens (including phenoxy) is 2. The van der Waals surface area contributed by atoms with Gasteiger partial charge in [0.05, 0.1) is 24.9 Å². The summed E-state index contributed by atoms with van der Waals surface area (Å²) in [5, 5.41) is 4.13. The number of rotatable bonds is 6. The van der Waals surface area contributed by atoms with Crippen molar-refractivity contribution in [3.63, 3.8) is 0 Å². The number of hydrogen-bond acceptors (Lipinski definition) is 7. The van der Waals surface area contributed by atoms with E-state index in [0.29, 0.717) is 19.6 Å². The van der Waals surface area contributed by atoms with Gasteiger partial charge in [0.1, 0.15) is 22.4 Å². The monoisotopic (exact) mass is 583 g/mol. The van der Waals surface area contributed by atoms with Gasteiger partial charge in [0.25, 0.3) is 0 Å². The first-order valence-electron chi connectivity index (χ1n) is 13.7. The van der Waals surface area contributed by atoms with Crippen molar-refractivity contribution < 1.29 is 19.1 Å². The Morgan fingerprint density at radius 2 is 1.56 bits per heavy atom. The minimum atomic E-state index is -0.319. The highest BCUT2D eigenvalue weighted by molar-refractivity contribution is 7.25. The molecular weight excluding hydrogens is 555 g/mol. The Morgan fingerprint density at radius 1 is 0.927 bits per heavy atom.